The summed E-state index contributed by atoms with van der Waals surface area (Å²) >= 11 is 0. The largest absolute Gasteiger partial charge is 0.336 e. The third kappa shape index (κ3) is 3.25. The number of anilines is 1. The smallest absolute Gasteiger partial charge is 0.323 e. The fourth-order valence-corrected chi connectivity index (χ4v) is 3.17. The Balaban J connectivity index is 1.35. The van der Waals surface area contributed by atoms with Crippen LogP contribution in [0.25, 0.3) is 0 Å². The van der Waals surface area contributed by atoms with E-state index in [9.17, 15) is 9.59 Å². The average Bonchev–Trinajstić information content (AvgIpc) is 3.22. The van der Waals surface area contributed by atoms with Crippen molar-refractivity contribution in [3.05, 3.63) is 42.4 Å². The van der Waals surface area contributed by atoms with E-state index >= 15 is 0 Å². The van der Waals surface area contributed by atoms with Crippen LogP contribution in [0.15, 0.2) is 36.8 Å². The quantitative estimate of drug-likeness (QED) is 0.853. The van der Waals surface area contributed by atoms with Gasteiger partial charge in [0.1, 0.15) is 0 Å². The highest BCUT2D eigenvalue weighted by atomic mass is 16.2. The predicted molar refractivity (Wildman–Crippen MR) is 90.1 cm³/mol. The summed E-state index contributed by atoms with van der Waals surface area (Å²) in [6.07, 6.45) is 5.31. The maximum atomic E-state index is 12.4. The lowest BCUT2D eigenvalue weighted by molar-refractivity contribution is 0.136. The van der Waals surface area contributed by atoms with Crippen molar-refractivity contribution < 1.29 is 9.59 Å². The zero-order valence-electron chi connectivity index (χ0n) is 13.6. The number of carbonyl (C=O) groups excluding carboxylic acids is 2. The van der Waals surface area contributed by atoms with Gasteiger partial charge in [-0.05, 0) is 17.7 Å². The molecule has 130 valence electrons. The number of hydrogen-bond acceptors (Lipinski definition) is 4. The first-order valence-electron chi connectivity index (χ1n) is 8.22. The van der Waals surface area contributed by atoms with Crippen LogP contribution >= 0.6 is 0 Å². The molecule has 4 heterocycles. The molecule has 9 nitrogen and oxygen atoms in total. The van der Waals surface area contributed by atoms with Crippen LogP contribution in [0, 0.1) is 0 Å². The summed E-state index contributed by atoms with van der Waals surface area (Å²) in [5.41, 5.74) is 1.09. The lowest BCUT2D eigenvalue weighted by Crippen LogP contribution is -2.54. The summed E-state index contributed by atoms with van der Waals surface area (Å²) in [7, 11) is 0. The van der Waals surface area contributed by atoms with Crippen LogP contribution in [0.2, 0.25) is 0 Å². The molecule has 0 spiro atoms. The van der Waals surface area contributed by atoms with Crippen molar-refractivity contribution in [3.8, 4) is 0 Å². The van der Waals surface area contributed by atoms with E-state index in [4.69, 9.17) is 0 Å². The molecule has 4 amide bonds. The van der Waals surface area contributed by atoms with Gasteiger partial charge in [-0.3, -0.25) is 15.0 Å². The fraction of sp³-hybridized carbons (Fsp3) is 0.375. The number of rotatable bonds is 3. The van der Waals surface area contributed by atoms with Crippen molar-refractivity contribution in [2.75, 3.05) is 31.5 Å². The summed E-state index contributed by atoms with van der Waals surface area (Å²) in [6.45, 7) is 2.81. The monoisotopic (exact) mass is 341 g/mol. The van der Waals surface area contributed by atoms with Gasteiger partial charge >= 0.3 is 12.1 Å². The molecule has 2 aliphatic heterocycles. The molecule has 2 saturated heterocycles. The second-order valence-electron chi connectivity index (χ2n) is 6.16. The standard InChI is InChI=1S/C16H19N7O2/c24-15-18-9-13-11-21(7-8-23(13)15)16(25)19-14-3-6-22(20-14)10-12-1-4-17-5-2-12/h1-6,13H,7-11H2,(H,18,24)(H,19,20,25). The number of amides is 4. The first kappa shape index (κ1) is 15.4. The van der Waals surface area contributed by atoms with Crippen molar-refractivity contribution in [2.24, 2.45) is 0 Å². The van der Waals surface area contributed by atoms with E-state index in [0.29, 0.717) is 38.5 Å². The SMILES string of the molecule is O=C(Nc1ccn(Cc2ccncc2)n1)N1CCN2C(=O)NCC2C1. The van der Waals surface area contributed by atoms with Crippen LogP contribution in [-0.4, -0.2) is 68.8 Å². The number of fused-ring (bicyclic) bond motifs is 1. The minimum atomic E-state index is -0.187. The maximum Gasteiger partial charge on any atom is 0.323 e. The Morgan fingerprint density at radius 2 is 2.12 bits per heavy atom. The van der Waals surface area contributed by atoms with Crippen molar-refractivity contribution in [1.82, 2.24) is 29.9 Å². The van der Waals surface area contributed by atoms with E-state index in [2.05, 4.69) is 20.7 Å². The Morgan fingerprint density at radius 1 is 1.28 bits per heavy atom. The molecule has 2 aliphatic rings. The van der Waals surface area contributed by atoms with Crippen molar-refractivity contribution in [1.29, 1.82) is 0 Å². The molecule has 4 rings (SSSR count). The van der Waals surface area contributed by atoms with Crippen LogP contribution in [0.3, 0.4) is 0 Å². The van der Waals surface area contributed by atoms with Gasteiger partial charge in [-0.25, -0.2) is 9.59 Å². The topological polar surface area (TPSA) is 95.4 Å². The van der Waals surface area contributed by atoms with E-state index in [1.165, 1.54) is 0 Å². The summed E-state index contributed by atoms with van der Waals surface area (Å²) in [6, 6.07) is 5.45. The molecule has 0 aromatic carbocycles. The van der Waals surface area contributed by atoms with E-state index in [0.717, 1.165) is 5.56 Å². The van der Waals surface area contributed by atoms with Gasteiger partial charge in [-0.2, -0.15) is 5.10 Å². The number of hydrogen-bond donors (Lipinski definition) is 2. The summed E-state index contributed by atoms with van der Waals surface area (Å²) < 4.78 is 1.77. The van der Waals surface area contributed by atoms with Crippen LogP contribution in [0.5, 0.6) is 0 Å². The zero-order valence-corrected chi connectivity index (χ0v) is 13.6. The van der Waals surface area contributed by atoms with Gasteiger partial charge in [0.2, 0.25) is 0 Å². The van der Waals surface area contributed by atoms with Crippen LogP contribution in [0.4, 0.5) is 15.4 Å². The van der Waals surface area contributed by atoms with Gasteiger partial charge in [0.15, 0.2) is 5.82 Å². The molecule has 2 aromatic rings. The van der Waals surface area contributed by atoms with Crippen LogP contribution < -0.4 is 10.6 Å². The molecule has 0 bridgehead atoms. The minimum absolute atomic E-state index is 0.0417. The second kappa shape index (κ2) is 6.42. The molecular weight excluding hydrogens is 322 g/mol. The van der Waals surface area contributed by atoms with Gasteiger partial charge in [0.25, 0.3) is 0 Å². The Labute approximate surface area is 144 Å². The molecule has 2 N–H and O–H groups in total. The van der Waals surface area contributed by atoms with Gasteiger partial charge in [-0.1, -0.05) is 0 Å². The molecule has 2 fully saturated rings. The summed E-state index contributed by atoms with van der Waals surface area (Å²) in [4.78, 5) is 31.5. The maximum absolute atomic E-state index is 12.4. The molecule has 0 radical (unpaired) electrons. The first-order valence-corrected chi connectivity index (χ1v) is 8.22. The van der Waals surface area contributed by atoms with E-state index in [1.807, 2.05) is 18.3 Å². The van der Waals surface area contributed by atoms with E-state index < -0.39 is 0 Å². The molecule has 0 aliphatic carbocycles. The molecule has 2 aromatic heterocycles. The normalized spacial score (nSPS) is 19.5. The number of nitrogens with one attached hydrogen (secondary N) is 2. The Hall–Kier alpha value is -3.10. The van der Waals surface area contributed by atoms with Crippen LogP contribution in [0.1, 0.15) is 5.56 Å². The minimum Gasteiger partial charge on any atom is -0.336 e. The zero-order chi connectivity index (χ0) is 17.2. The molecular formula is C16H19N7O2. The molecule has 25 heavy (non-hydrogen) atoms. The number of pyridine rings is 1. The molecule has 1 atom stereocenters. The van der Waals surface area contributed by atoms with E-state index in [1.54, 1.807) is 32.9 Å². The highest BCUT2D eigenvalue weighted by Gasteiger charge is 2.36. The average molecular weight is 341 g/mol. The Bertz CT molecular complexity index is 776. The number of urea groups is 2. The van der Waals surface area contributed by atoms with Crippen LogP contribution in [-0.2, 0) is 6.54 Å². The lowest BCUT2D eigenvalue weighted by Gasteiger charge is -2.36. The number of carbonyl (C=O) groups is 2. The Kier molecular flexibility index (Phi) is 3.96. The predicted octanol–water partition coefficient (Wildman–Crippen LogP) is 0.568. The fourth-order valence-electron chi connectivity index (χ4n) is 3.17. The lowest BCUT2D eigenvalue weighted by atomic mass is 10.2. The molecule has 1 unspecified atom stereocenters. The number of piperazine rings is 1. The van der Waals surface area contributed by atoms with E-state index in [-0.39, 0.29) is 18.1 Å². The van der Waals surface area contributed by atoms with Crippen molar-refractivity contribution in [2.45, 2.75) is 12.6 Å². The first-order chi connectivity index (χ1) is 12.2. The summed E-state index contributed by atoms with van der Waals surface area (Å²) in [5.74, 6) is 0.516. The van der Waals surface area contributed by atoms with Gasteiger partial charge in [0, 0.05) is 50.8 Å². The highest BCUT2D eigenvalue weighted by molar-refractivity contribution is 5.88. The molecule has 9 heteroatoms. The van der Waals surface area contributed by atoms with Gasteiger partial charge in [0.05, 0.1) is 12.6 Å². The number of nitrogens with zero attached hydrogens (tertiary/aromatic N) is 5. The third-order valence-corrected chi connectivity index (χ3v) is 4.49. The van der Waals surface area contributed by atoms with Gasteiger partial charge < -0.3 is 15.1 Å². The van der Waals surface area contributed by atoms with Gasteiger partial charge in [-0.15, -0.1) is 0 Å². The Morgan fingerprint density at radius 3 is 2.96 bits per heavy atom. The van der Waals surface area contributed by atoms with Crippen molar-refractivity contribution in [3.63, 3.8) is 0 Å². The van der Waals surface area contributed by atoms with Crippen molar-refractivity contribution >= 4 is 17.9 Å². The molecule has 0 saturated carbocycles. The second-order valence-corrected chi connectivity index (χ2v) is 6.16. The number of aromatic nitrogens is 3. The summed E-state index contributed by atoms with van der Waals surface area (Å²) in [5, 5.41) is 10.0. The third-order valence-electron chi connectivity index (χ3n) is 4.49. The highest BCUT2D eigenvalue weighted by Crippen LogP contribution is 2.15.